The number of aryl methyl sites for hydroxylation is 2. The third kappa shape index (κ3) is 4.51. The predicted octanol–water partition coefficient (Wildman–Crippen LogP) is 3.46. The quantitative estimate of drug-likeness (QED) is 0.716. The minimum absolute atomic E-state index is 0.115. The summed E-state index contributed by atoms with van der Waals surface area (Å²) in [6, 6.07) is 8.30. The maximum atomic E-state index is 12.9. The summed E-state index contributed by atoms with van der Waals surface area (Å²) in [4.78, 5) is 39.2. The van der Waals surface area contributed by atoms with Crippen molar-refractivity contribution in [3.63, 3.8) is 0 Å². The summed E-state index contributed by atoms with van der Waals surface area (Å²) in [5, 5.41) is 0. The first-order chi connectivity index (χ1) is 16.0. The second-order valence-electron chi connectivity index (χ2n) is 9.54. The molecular formula is C26H32N4O3. The van der Waals surface area contributed by atoms with Gasteiger partial charge in [0.1, 0.15) is 17.7 Å². The Kier molecular flexibility index (Phi) is 6.15. The maximum Gasteiger partial charge on any atom is 0.251 e. The molecule has 0 bridgehead atoms. The third-order valence-electron chi connectivity index (χ3n) is 7.19. The van der Waals surface area contributed by atoms with E-state index < -0.39 is 0 Å². The summed E-state index contributed by atoms with van der Waals surface area (Å²) >= 11 is 0. The summed E-state index contributed by atoms with van der Waals surface area (Å²) in [5.41, 5.74) is 4.35. The van der Waals surface area contributed by atoms with E-state index >= 15 is 0 Å². The van der Waals surface area contributed by atoms with Crippen LogP contribution in [0.25, 0.3) is 0 Å². The van der Waals surface area contributed by atoms with Gasteiger partial charge in [0.05, 0.1) is 6.54 Å². The number of ether oxygens (including phenoxy) is 1. The summed E-state index contributed by atoms with van der Waals surface area (Å²) in [5.74, 6) is 2.01. The van der Waals surface area contributed by atoms with Gasteiger partial charge in [-0.15, -0.1) is 0 Å². The van der Waals surface area contributed by atoms with E-state index in [1.54, 1.807) is 0 Å². The zero-order chi connectivity index (χ0) is 22.9. The molecule has 33 heavy (non-hydrogen) atoms. The molecule has 7 heteroatoms. The lowest BCUT2D eigenvalue weighted by Crippen LogP contribution is -2.43. The molecule has 5 rings (SSSR count). The Balaban J connectivity index is 1.34. The number of carbonyl (C=O) groups excluding carboxylic acids is 2. The highest BCUT2D eigenvalue weighted by Crippen LogP contribution is 2.33. The van der Waals surface area contributed by atoms with Gasteiger partial charge in [-0.2, -0.15) is 0 Å². The highest BCUT2D eigenvalue weighted by molar-refractivity contribution is 5.95. The van der Waals surface area contributed by atoms with E-state index in [0.717, 1.165) is 54.1 Å². The van der Waals surface area contributed by atoms with Crippen molar-refractivity contribution in [1.29, 1.82) is 0 Å². The first-order valence-corrected chi connectivity index (χ1v) is 12.1. The van der Waals surface area contributed by atoms with Crippen LogP contribution in [0, 0.1) is 13.8 Å². The van der Waals surface area contributed by atoms with E-state index in [1.165, 1.54) is 5.56 Å². The molecule has 174 valence electrons. The van der Waals surface area contributed by atoms with Crippen LogP contribution in [-0.4, -0.2) is 52.5 Å². The summed E-state index contributed by atoms with van der Waals surface area (Å²) in [6.45, 7) is 6.71. The Morgan fingerprint density at radius 2 is 1.82 bits per heavy atom. The molecule has 3 aliphatic rings. The van der Waals surface area contributed by atoms with Crippen molar-refractivity contribution in [1.82, 2.24) is 14.9 Å². The molecule has 0 radical (unpaired) electrons. The third-order valence-corrected chi connectivity index (χ3v) is 7.19. The normalized spacial score (nSPS) is 21.4. The van der Waals surface area contributed by atoms with Gasteiger partial charge in [0.15, 0.2) is 0 Å². The van der Waals surface area contributed by atoms with Gasteiger partial charge in [-0.25, -0.2) is 9.97 Å². The van der Waals surface area contributed by atoms with Crippen LogP contribution in [0.4, 0.5) is 5.82 Å². The lowest BCUT2D eigenvalue weighted by molar-refractivity contribution is -0.142. The summed E-state index contributed by atoms with van der Waals surface area (Å²) in [7, 11) is 0. The average Bonchev–Trinajstić information content (AvgIpc) is 3.37. The molecular weight excluding hydrogens is 416 g/mol. The zero-order valence-electron chi connectivity index (χ0n) is 19.5. The highest BCUT2D eigenvalue weighted by Gasteiger charge is 2.34. The van der Waals surface area contributed by atoms with Crippen molar-refractivity contribution in [2.45, 2.75) is 70.9 Å². The van der Waals surface area contributed by atoms with E-state index in [2.05, 4.69) is 31.2 Å². The van der Waals surface area contributed by atoms with E-state index in [9.17, 15) is 9.59 Å². The number of fused-ring (bicyclic) bond motifs is 1. The predicted molar refractivity (Wildman–Crippen MR) is 125 cm³/mol. The number of carbonyl (C=O) groups is 2. The summed E-state index contributed by atoms with van der Waals surface area (Å²) < 4.78 is 5.58. The Bertz CT molecular complexity index is 1040. The van der Waals surface area contributed by atoms with Gasteiger partial charge in [-0.05, 0) is 51.5 Å². The highest BCUT2D eigenvalue weighted by atomic mass is 16.5. The number of likely N-dealkylation sites (tertiary alicyclic amines) is 1. The van der Waals surface area contributed by atoms with Gasteiger partial charge in [-0.1, -0.05) is 29.8 Å². The van der Waals surface area contributed by atoms with Crippen molar-refractivity contribution >= 4 is 17.6 Å². The first-order valence-electron chi connectivity index (χ1n) is 12.1. The van der Waals surface area contributed by atoms with E-state index in [4.69, 9.17) is 14.7 Å². The van der Waals surface area contributed by atoms with Crippen molar-refractivity contribution in [3.8, 4) is 0 Å². The number of benzene rings is 1. The minimum atomic E-state index is -0.259. The fourth-order valence-electron chi connectivity index (χ4n) is 5.16. The number of hydrogen-bond acceptors (Lipinski definition) is 5. The van der Waals surface area contributed by atoms with Crippen LogP contribution in [0.3, 0.4) is 0 Å². The largest absolute Gasteiger partial charge is 0.368 e. The van der Waals surface area contributed by atoms with Gasteiger partial charge in [0, 0.05) is 43.3 Å². The number of aromatic nitrogens is 2. The van der Waals surface area contributed by atoms with Crippen LogP contribution >= 0.6 is 0 Å². The van der Waals surface area contributed by atoms with Crippen LogP contribution in [0.15, 0.2) is 24.3 Å². The van der Waals surface area contributed by atoms with Gasteiger partial charge < -0.3 is 9.64 Å². The SMILES string of the molecule is Cc1ccc(CN2C(=O)CCc3c(C)nc(C4CCN(C(=O)[C@@H]5CCCO5)CC4)nc32)cc1. The molecule has 2 saturated heterocycles. The molecule has 0 unspecified atom stereocenters. The second-order valence-corrected chi connectivity index (χ2v) is 9.54. The number of rotatable bonds is 4. The Labute approximate surface area is 195 Å². The number of amides is 2. The second kappa shape index (κ2) is 9.21. The molecule has 2 amide bonds. The van der Waals surface area contributed by atoms with E-state index in [1.807, 2.05) is 16.7 Å². The van der Waals surface area contributed by atoms with Crippen LogP contribution in [0.2, 0.25) is 0 Å². The van der Waals surface area contributed by atoms with Gasteiger partial charge in [0.2, 0.25) is 5.91 Å². The van der Waals surface area contributed by atoms with Gasteiger partial charge in [-0.3, -0.25) is 14.5 Å². The zero-order valence-corrected chi connectivity index (χ0v) is 19.5. The molecule has 2 aromatic rings. The standard InChI is InChI=1S/C26H32N4O3/c1-17-5-7-19(8-6-17)16-30-23(31)10-9-21-18(2)27-24(28-25(21)30)20-11-13-29(14-12-20)26(32)22-4-3-15-33-22/h5-8,20,22H,3-4,9-16H2,1-2H3/t22-/m0/s1. The number of nitrogens with zero attached hydrogens (tertiary/aromatic N) is 4. The summed E-state index contributed by atoms with van der Waals surface area (Å²) in [6.07, 6.45) is 4.39. The molecule has 4 heterocycles. The molecule has 0 spiro atoms. The molecule has 1 aromatic heterocycles. The molecule has 0 saturated carbocycles. The van der Waals surface area contributed by atoms with Crippen LogP contribution in [-0.2, 0) is 27.3 Å². The molecule has 0 N–H and O–H groups in total. The van der Waals surface area contributed by atoms with Gasteiger partial charge >= 0.3 is 0 Å². The van der Waals surface area contributed by atoms with E-state index in [-0.39, 0.29) is 23.8 Å². The number of piperidine rings is 1. The van der Waals surface area contributed by atoms with Crippen LogP contribution in [0.1, 0.15) is 66.2 Å². The van der Waals surface area contributed by atoms with Crippen LogP contribution in [0.5, 0.6) is 0 Å². The molecule has 0 aliphatic carbocycles. The molecule has 7 nitrogen and oxygen atoms in total. The van der Waals surface area contributed by atoms with Crippen LogP contribution < -0.4 is 4.90 Å². The van der Waals surface area contributed by atoms with Crippen molar-refractivity contribution < 1.29 is 14.3 Å². The molecule has 1 aromatic carbocycles. The van der Waals surface area contributed by atoms with Crippen molar-refractivity contribution in [2.24, 2.45) is 0 Å². The number of anilines is 1. The molecule has 1 atom stereocenters. The topological polar surface area (TPSA) is 75.6 Å². The minimum Gasteiger partial charge on any atom is -0.368 e. The first kappa shape index (κ1) is 22.0. The smallest absolute Gasteiger partial charge is 0.251 e. The van der Waals surface area contributed by atoms with E-state index in [0.29, 0.717) is 39.1 Å². The maximum absolute atomic E-state index is 12.9. The van der Waals surface area contributed by atoms with Crippen molar-refractivity contribution in [3.05, 3.63) is 52.5 Å². The Hall–Kier alpha value is -2.80. The molecule has 2 fully saturated rings. The lowest BCUT2D eigenvalue weighted by atomic mass is 9.94. The number of hydrogen-bond donors (Lipinski definition) is 0. The van der Waals surface area contributed by atoms with Crippen molar-refractivity contribution in [2.75, 3.05) is 24.6 Å². The monoisotopic (exact) mass is 448 g/mol. The fraction of sp³-hybridized carbons (Fsp3) is 0.538. The Morgan fingerprint density at radius 1 is 1.06 bits per heavy atom. The van der Waals surface area contributed by atoms with Gasteiger partial charge in [0.25, 0.3) is 5.91 Å². The Morgan fingerprint density at radius 3 is 2.52 bits per heavy atom. The average molecular weight is 449 g/mol. The lowest BCUT2D eigenvalue weighted by Gasteiger charge is -2.34. The molecule has 3 aliphatic heterocycles. The fourth-order valence-corrected chi connectivity index (χ4v) is 5.16.